The Hall–Kier alpha value is -1.84. The molecule has 1 atom stereocenters. The molecule has 1 amide bonds. The van der Waals surface area contributed by atoms with Crippen molar-refractivity contribution in [1.82, 2.24) is 10.6 Å². The maximum Gasteiger partial charge on any atom is 0.234 e. The van der Waals surface area contributed by atoms with E-state index in [1.54, 1.807) is 0 Å². The third-order valence-electron chi connectivity index (χ3n) is 3.30. The summed E-state index contributed by atoms with van der Waals surface area (Å²) < 4.78 is 0. The summed E-state index contributed by atoms with van der Waals surface area (Å²) in [6.45, 7) is 2.76. The van der Waals surface area contributed by atoms with Gasteiger partial charge in [-0.1, -0.05) is 60.1 Å². The molecule has 0 saturated carbocycles. The second-order valence-electron chi connectivity index (χ2n) is 4.88. The largest absolute Gasteiger partial charge is 0.351 e. The van der Waals surface area contributed by atoms with Gasteiger partial charge in [-0.15, -0.1) is 0 Å². The van der Waals surface area contributed by atoms with Gasteiger partial charge in [0.25, 0.3) is 0 Å². The van der Waals surface area contributed by atoms with E-state index in [9.17, 15) is 4.79 Å². The highest BCUT2D eigenvalue weighted by Gasteiger charge is 2.07. The molecule has 0 fully saturated rings. The van der Waals surface area contributed by atoms with Crippen LogP contribution < -0.4 is 10.6 Å². The molecule has 3 nitrogen and oxygen atoms in total. The Morgan fingerprint density at radius 1 is 1.10 bits per heavy atom. The molecule has 0 aliphatic rings. The lowest BCUT2D eigenvalue weighted by Gasteiger charge is -2.14. The molecule has 0 radical (unpaired) electrons. The van der Waals surface area contributed by atoms with E-state index in [0.29, 0.717) is 11.6 Å². The van der Waals surface area contributed by atoms with Crippen LogP contribution in [0.25, 0.3) is 0 Å². The predicted octanol–water partition coefficient (Wildman–Crippen LogP) is 3.31. The highest BCUT2D eigenvalue weighted by atomic mass is 35.5. The second-order valence-corrected chi connectivity index (χ2v) is 5.29. The number of hydrogen-bond acceptors (Lipinski definition) is 2. The number of benzene rings is 2. The molecule has 4 heteroatoms. The van der Waals surface area contributed by atoms with E-state index < -0.39 is 0 Å². The zero-order valence-corrected chi connectivity index (χ0v) is 12.7. The number of nitrogens with one attached hydrogen (secondary N) is 2. The number of halogens is 1. The average Bonchev–Trinajstić information content (AvgIpc) is 2.52. The maximum absolute atomic E-state index is 11.8. The third-order valence-corrected chi connectivity index (χ3v) is 3.67. The van der Waals surface area contributed by atoms with Crippen LogP contribution in [-0.2, 0) is 11.3 Å². The Morgan fingerprint density at radius 3 is 2.48 bits per heavy atom. The van der Waals surface area contributed by atoms with Gasteiger partial charge in [0.05, 0.1) is 6.54 Å². The quantitative estimate of drug-likeness (QED) is 0.859. The van der Waals surface area contributed by atoms with E-state index in [1.807, 2.05) is 61.5 Å². The molecular weight excluding hydrogens is 284 g/mol. The van der Waals surface area contributed by atoms with Crippen LogP contribution in [0.5, 0.6) is 0 Å². The lowest BCUT2D eigenvalue weighted by molar-refractivity contribution is -0.120. The summed E-state index contributed by atoms with van der Waals surface area (Å²) in [7, 11) is 0. The summed E-state index contributed by atoms with van der Waals surface area (Å²) in [5.74, 6) is -0.0438. The van der Waals surface area contributed by atoms with Crippen LogP contribution >= 0.6 is 11.6 Å². The first-order valence-corrected chi connectivity index (χ1v) is 7.33. The molecule has 0 spiro atoms. The summed E-state index contributed by atoms with van der Waals surface area (Å²) in [5, 5.41) is 6.74. The van der Waals surface area contributed by atoms with Crippen LogP contribution in [0.15, 0.2) is 54.6 Å². The van der Waals surface area contributed by atoms with Crippen molar-refractivity contribution < 1.29 is 4.79 Å². The lowest BCUT2D eigenvalue weighted by Crippen LogP contribution is -2.34. The lowest BCUT2D eigenvalue weighted by atomic mass is 10.1. The molecule has 0 saturated heterocycles. The maximum atomic E-state index is 11.8. The van der Waals surface area contributed by atoms with Crippen molar-refractivity contribution in [3.63, 3.8) is 0 Å². The van der Waals surface area contributed by atoms with E-state index in [0.717, 1.165) is 11.1 Å². The minimum absolute atomic E-state index is 0.0438. The molecule has 0 aliphatic heterocycles. The van der Waals surface area contributed by atoms with Gasteiger partial charge in [0.2, 0.25) is 5.91 Å². The molecule has 0 heterocycles. The number of carbonyl (C=O) groups excluding carboxylic acids is 1. The first kappa shape index (κ1) is 15.5. The Bertz CT molecular complexity index is 586. The van der Waals surface area contributed by atoms with Crippen molar-refractivity contribution in [2.75, 3.05) is 6.54 Å². The number of rotatable bonds is 6. The molecule has 2 aromatic rings. The topological polar surface area (TPSA) is 41.1 Å². The van der Waals surface area contributed by atoms with Crippen molar-refractivity contribution in [2.45, 2.75) is 19.5 Å². The molecule has 2 rings (SSSR count). The fraction of sp³-hybridized carbons (Fsp3) is 0.235. The normalized spacial score (nSPS) is 11.9. The van der Waals surface area contributed by atoms with Crippen molar-refractivity contribution in [2.24, 2.45) is 0 Å². The monoisotopic (exact) mass is 302 g/mol. The zero-order valence-electron chi connectivity index (χ0n) is 12.0. The van der Waals surface area contributed by atoms with E-state index in [1.165, 1.54) is 0 Å². The molecule has 110 valence electrons. The summed E-state index contributed by atoms with van der Waals surface area (Å²) in [6, 6.07) is 17.7. The van der Waals surface area contributed by atoms with Gasteiger partial charge in [0.1, 0.15) is 0 Å². The van der Waals surface area contributed by atoms with Crippen molar-refractivity contribution >= 4 is 17.5 Å². The molecule has 1 unspecified atom stereocenters. The number of carbonyl (C=O) groups is 1. The first-order chi connectivity index (χ1) is 10.2. The summed E-state index contributed by atoms with van der Waals surface area (Å²) in [5.41, 5.74) is 2.08. The fourth-order valence-electron chi connectivity index (χ4n) is 2.00. The van der Waals surface area contributed by atoms with E-state index >= 15 is 0 Å². The summed E-state index contributed by atoms with van der Waals surface area (Å²) >= 11 is 6.05. The zero-order chi connectivity index (χ0) is 15.1. The van der Waals surface area contributed by atoms with Gasteiger partial charge >= 0.3 is 0 Å². The molecule has 2 N–H and O–H groups in total. The Morgan fingerprint density at radius 2 is 1.76 bits per heavy atom. The molecular formula is C17H19ClN2O. The minimum Gasteiger partial charge on any atom is -0.351 e. The predicted molar refractivity (Wildman–Crippen MR) is 86.2 cm³/mol. The average molecular weight is 303 g/mol. The van der Waals surface area contributed by atoms with Gasteiger partial charge in [-0.25, -0.2) is 0 Å². The van der Waals surface area contributed by atoms with E-state index in [4.69, 9.17) is 11.6 Å². The van der Waals surface area contributed by atoms with Crippen LogP contribution in [0, 0.1) is 0 Å². The first-order valence-electron chi connectivity index (χ1n) is 6.95. The minimum atomic E-state index is -0.0438. The SMILES string of the molecule is CC(NCC(=O)NCc1ccccc1Cl)c1ccccc1. The molecule has 0 aromatic heterocycles. The molecule has 0 aliphatic carbocycles. The van der Waals surface area contributed by atoms with Gasteiger partial charge in [-0.2, -0.15) is 0 Å². The van der Waals surface area contributed by atoms with Crippen molar-refractivity contribution in [3.8, 4) is 0 Å². The smallest absolute Gasteiger partial charge is 0.234 e. The van der Waals surface area contributed by atoms with Gasteiger partial charge < -0.3 is 10.6 Å². The van der Waals surface area contributed by atoms with Gasteiger partial charge in [0, 0.05) is 17.6 Å². The van der Waals surface area contributed by atoms with E-state index in [2.05, 4.69) is 10.6 Å². The second kappa shape index (κ2) is 7.81. The number of amides is 1. The third kappa shape index (κ3) is 4.88. The van der Waals surface area contributed by atoms with Crippen LogP contribution in [0.2, 0.25) is 5.02 Å². The fourth-order valence-corrected chi connectivity index (χ4v) is 2.21. The Labute approximate surface area is 130 Å². The summed E-state index contributed by atoms with van der Waals surface area (Å²) in [4.78, 5) is 11.8. The highest BCUT2D eigenvalue weighted by Crippen LogP contribution is 2.14. The molecule has 21 heavy (non-hydrogen) atoms. The van der Waals surface area contributed by atoms with Gasteiger partial charge in [0.15, 0.2) is 0 Å². The molecule has 2 aromatic carbocycles. The molecule has 0 bridgehead atoms. The van der Waals surface area contributed by atoms with Crippen LogP contribution in [0.4, 0.5) is 0 Å². The number of hydrogen-bond donors (Lipinski definition) is 2. The standard InChI is InChI=1S/C17H19ClN2O/c1-13(14-7-3-2-4-8-14)19-12-17(21)20-11-15-9-5-6-10-16(15)18/h2-10,13,19H,11-12H2,1H3,(H,20,21). The van der Waals surface area contributed by atoms with Crippen LogP contribution in [0.3, 0.4) is 0 Å². The summed E-state index contributed by atoms with van der Waals surface area (Å²) in [6.07, 6.45) is 0. The Balaban J connectivity index is 1.76. The van der Waals surface area contributed by atoms with Crippen molar-refractivity contribution in [1.29, 1.82) is 0 Å². The van der Waals surface area contributed by atoms with Crippen LogP contribution in [0.1, 0.15) is 24.1 Å². The van der Waals surface area contributed by atoms with E-state index in [-0.39, 0.29) is 18.5 Å². The van der Waals surface area contributed by atoms with Crippen molar-refractivity contribution in [3.05, 3.63) is 70.7 Å². The Kier molecular flexibility index (Phi) is 5.78. The van der Waals surface area contributed by atoms with Gasteiger partial charge in [-0.3, -0.25) is 4.79 Å². The highest BCUT2D eigenvalue weighted by molar-refractivity contribution is 6.31. The van der Waals surface area contributed by atoms with Gasteiger partial charge in [-0.05, 0) is 24.1 Å². The van der Waals surface area contributed by atoms with Crippen LogP contribution in [-0.4, -0.2) is 12.5 Å².